The van der Waals surface area contributed by atoms with Crippen molar-refractivity contribution in [1.29, 1.82) is 5.26 Å². The lowest BCUT2D eigenvalue weighted by molar-refractivity contribution is -0.129. The molecule has 1 aliphatic heterocycles. The molecule has 1 rings (SSSR count). The van der Waals surface area contributed by atoms with Crippen LogP contribution in [0.15, 0.2) is 0 Å². The predicted octanol–water partition coefficient (Wildman–Crippen LogP) is 1.94. The third-order valence-corrected chi connectivity index (χ3v) is 2.87. The zero-order valence-corrected chi connectivity index (χ0v) is 8.99. The first kappa shape index (κ1) is 11.0. The van der Waals surface area contributed by atoms with Crippen molar-refractivity contribution in [3.8, 4) is 6.07 Å². The van der Waals surface area contributed by atoms with Gasteiger partial charge in [0.2, 0.25) is 5.91 Å². The Morgan fingerprint density at radius 2 is 2.36 bits per heavy atom. The van der Waals surface area contributed by atoms with Crippen molar-refractivity contribution < 1.29 is 4.79 Å². The van der Waals surface area contributed by atoms with Crippen molar-refractivity contribution in [3.05, 3.63) is 0 Å². The van der Waals surface area contributed by atoms with Crippen LogP contribution in [0.1, 0.15) is 39.5 Å². The summed E-state index contributed by atoms with van der Waals surface area (Å²) in [6, 6.07) is 2.54. The molecule has 0 bridgehead atoms. The topological polar surface area (TPSA) is 44.1 Å². The van der Waals surface area contributed by atoms with Gasteiger partial charge >= 0.3 is 0 Å². The molecule has 1 saturated heterocycles. The van der Waals surface area contributed by atoms with Crippen LogP contribution in [-0.2, 0) is 4.79 Å². The SMILES string of the molecule is CCCC(CC)N1CC(C#N)CC1=O. The summed E-state index contributed by atoms with van der Waals surface area (Å²) in [5, 5.41) is 8.76. The highest BCUT2D eigenvalue weighted by Gasteiger charge is 2.32. The summed E-state index contributed by atoms with van der Waals surface area (Å²) < 4.78 is 0. The second-order valence-electron chi connectivity index (χ2n) is 3.93. The average Bonchev–Trinajstić information content (AvgIpc) is 2.56. The molecule has 0 spiro atoms. The minimum absolute atomic E-state index is 0.0755. The third kappa shape index (κ3) is 2.25. The van der Waals surface area contributed by atoms with Crippen LogP contribution < -0.4 is 0 Å². The van der Waals surface area contributed by atoms with Crippen molar-refractivity contribution in [3.63, 3.8) is 0 Å². The Bertz CT molecular complexity index is 244. The monoisotopic (exact) mass is 194 g/mol. The maximum Gasteiger partial charge on any atom is 0.224 e. The number of carbonyl (C=O) groups excluding carboxylic acids is 1. The minimum Gasteiger partial charge on any atom is -0.338 e. The molecule has 0 aromatic heterocycles. The predicted molar refractivity (Wildman–Crippen MR) is 54.4 cm³/mol. The van der Waals surface area contributed by atoms with Crippen LogP contribution >= 0.6 is 0 Å². The molecule has 0 aromatic rings. The number of nitriles is 1. The van der Waals surface area contributed by atoms with Gasteiger partial charge in [-0.3, -0.25) is 4.79 Å². The van der Waals surface area contributed by atoms with Crippen molar-refractivity contribution in [2.75, 3.05) is 6.54 Å². The van der Waals surface area contributed by atoms with E-state index in [0.717, 1.165) is 19.3 Å². The molecule has 3 heteroatoms. The van der Waals surface area contributed by atoms with Gasteiger partial charge in [0.05, 0.1) is 12.0 Å². The molecule has 0 saturated carbocycles. The number of likely N-dealkylation sites (tertiary alicyclic amines) is 1. The van der Waals surface area contributed by atoms with E-state index in [9.17, 15) is 4.79 Å². The molecule has 78 valence electrons. The van der Waals surface area contributed by atoms with Gasteiger partial charge in [0.25, 0.3) is 0 Å². The molecule has 0 N–H and O–H groups in total. The lowest BCUT2D eigenvalue weighted by Gasteiger charge is -2.26. The molecule has 1 amide bonds. The van der Waals surface area contributed by atoms with Gasteiger partial charge in [0.1, 0.15) is 0 Å². The zero-order valence-electron chi connectivity index (χ0n) is 8.99. The normalized spacial score (nSPS) is 23.6. The fraction of sp³-hybridized carbons (Fsp3) is 0.818. The highest BCUT2D eigenvalue weighted by atomic mass is 16.2. The number of amides is 1. The average molecular weight is 194 g/mol. The van der Waals surface area contributed by atoms with E-state index >= 15 is 0 Å². The van der Waals surface area contributed by atoms with Gasteiger partial charge in [-0.1, -0.05) is 20.3 Å². The van der Waals surface area contributed by atoms with Gasteiger partial charge in [-0.15, -0.1) is 0 Å². The van der Waals surface area contributed by atoms with Crippen molar-refractivity contribution in [2.24, 2.45) is 5.92 Å². The van der Waals surface area contributed by atoms with Crippen LogP contribution in [0, 0.1) is 17.2 Å². The van der Waals surface area contributed by atoms with E-state index in [1.807, 2.05) is 4.90 Å². The Balaban J connectivity index is 2.59. The van der Waals surface area contributed by atoms with E-state index in [1.165, 1.54) is 0 Å². The number of hydrogen-bond acceptors (Lipinski definition) is 2. The fourth-order valence-corrected chi connectivity index (χ4v) is 2.08. The number of carbonyl (C=O) groups is 1. The molecule has 1 aliphatic rings. The Kier molecular flexibility index (Phi) is 3.94. The minimum atomic E-state index is -0.0755. The summed E-state index contributed by atoms with van der Waals surface area (Å²) in [5.74, 6) is 0.0882. The standard InChI is InChI=1S/C11H18N2O/c1-3-5-10(4-2)13-8-9(7-12)6-11(13)14/h9-10H,3-6,8H2,1-2H3. The molecule has 2 atom stereocenters. The van der Waals surface area contributed by atoms with Gasteiger partial charge < -0.3 is 4.90 Å². The first-order valence-electron chi connectivity index (χ1n) is 5.42. The van der Waals surface area contributed by atoms with Crippen LogP contribution in [0.3, 0.4) is 0 Å². The molecule has 3 nitrogen and oxygen atoms in total. The van der Waals surface area contributed by atoms with Crippen LogP contribution in [0.25, 0.3) is 0 Å². The Morgan fingerprint density at radius 1 is 1.64 bits per heavy atom. The summed E-state index contributed by atoms with van der Waals surface area (Å²) in [6.45, 7) is 4.88. The number of rotatable bonds is 4. The molecule has 14 heavy (non-hydrogen) atoms. The number of nitrogens with zero attached hydrogens (tertiary/aromatic N) is 2. The molecule has 2 unspecified atom stereocenters. The molecule has 1 fully saturated rings. The lowest BCUT2D eigenvalue weighted by atomic mass is 10.1. The van der Waals surface area contributed by atoms with Gasteiger partial charge in [0.15, 0.2) is 0 Å². The smallest absolute Gasteiger partial charge is 0.224 e. The van der Waals surface area contributed by atoms with Crippen LogP contribution in [0.5, 0.6) is 0 Å². The van der Waals surface area contributed by atoms with E-state index in [1.54, 1.807) is 0 Å². The molecular formula is C11H18N2O. The van der Waals surface area contributed by atoms with E-state index in [4.69, 9.17) is 5.26 Å². The molecule has 1 heterocycles. The first-order valence-corrected chi connectivity index (χ1v) is 5.42. The Labute approximate surface area is 85.7 Å². The van der Waals surface area contributed by atoms with Gasteiger partial charge in [0, 0.05) is 19.0 Å². The Hall–Kier alpha value is -1.04. The molecule has 0 radical (unpaired) electrons. The van der Waals surface area contributed by atoms with Crippen molar-refractivity contribution >= 4 is 5.91 Å². The highest BCUT2D eigenvalue weighted by molar-refractivity contribution is 5.79. The molecule has 0 aromatic carbocycles. The zero-order chi connectivity index (χ0) is 10.6. The van der Waals surface area contributed by atoms with E-state index in [0.29, 0.717) is 19.0 Å². The quantitative estimate of drug-likeness (QED) is 0.686. The van der Waals surface area contributed by atoms with E-state index in [2.05, 4.69) is 19.9 Å². The number of hydrogen-bond donors (Lipinski definition) is 0. The van der Waals surface area contributed by atoms with Gasteiger partial charge in [-0.25, -0.2) is 0 Å². The lowest BCUT2D eigenvalue weighted by Crippen LogP contribution is -2.36. The summed E-state index contributed by atoms with van der Waals surface area (Å²) in [7, 11) is 0. The second-order valence-corrected chi connectivity index (χ2v) is 3.93. The molecule has 0 aliphatic carbocycles. The summed E-state index contributed by atoms with van der Waals surface area (Å²) in [5.41, 5.74) is 0. The van der Waals surface area contributed by atoms with E-state index < -0.39 is 0 Å². The first-order chi connectivity index (χ1) is 6.72. The van der Waals surface area contributed by atoms with Crippen molar-refractivity contribution in [1.82, 2.24) is 4.90 Å². The van der Waals surface area contributed by atoms with Crippen LogP contribution in [0.4, 0.5) is 0 Å². The van der Waals surface area contributed by atoms with Gasteiger partial charge in [-0.2, -0.15) is 5.26 Å². The fourth-order valence-electron chi connectivity index (χ4n) is 2.08. The summed E-state index contributed by atoms with van der Waals surface area (Å²) in [6.07, 6.45) is 3.58. The summed E-state index contributed by atoms with van der Waals surface area (Å²) in [4.78, 5) is 13.5. The summed E-state index contributed by atoms with van der Waals surface area (Å²) >= 11 is 0. The maximum atomic E-state index is 11.6. The molecular weight excluding hydrogens is 176 g/mol. The van der Waals surface area contributed by atoms with Crippen molar-refractivity contribution in [2.45, 2.75) is 45.6 Å². The Morgan fingerprint density at radius 3 is 2.79 bits per heavy atom. The van der Waals surface area contributed by atoms with Crippen LogP contribution in [-0.4, -0.2) is 23.4 Å². The maximum absolute atomic E-state index is 11.6. The highest BCUT2D eigenvalue weighted by Crippen LogP contribution is 2.22. The van der Waals surface area contributed by atoms with E-state index in [-0.39, 0.29) is 11.8 Å². The third-order valence-electron chi connectivity index (χ3n) is 2.87. The van der Waals surface area contributed by atoms with Crippen LogP contribution in [0.2, 0.25) is 0 Å². The van der Waals surface area contributed by atoms with Gasteiger partial charge in [-0.05, 0) is 12.8 Å². The second kappa shape index (κ2) is 4.99. The largest absolute Gasteiger partial charge is 0.338 e.